The molecule has 2 aromatic carbocycles. The molecule has 19 heteroatoms. The lowest BCUT2D eigenvalue weighted by Gasteiger charge is -2.52. The second-order valence-electron chi connectivity index (χ2n) is 18.1. The fourth-order valence-electron chi connectivity index (χ4n) is 10.6. The molecule has 2 saturated carbocycles. The van der Waals surface area contributed by atoms with Gasteiger partial charge in [-0.15, -0.1) is 0 Å². The highest BCUT2D eigenvalue weighted by atomic mass is 35.5. The average molecular weight is 914 g/mol. The Bertz CT molecular complexity index is 2760. The maximum atomic E-state index is 15.4. The molecule has 2 aliphatic carbocycles. The molecular weight excluding hydrogens is 869 g/mol. The lowest BCUT2D eigenvalue weighted by atomic mass is 9.57. The van der Waals surface area contributed by atoms with Crippen LogP contribution in [0.15, 0.2) is 54.9 Å². The molecule has 17 nitrogen and oxygen atoms in total. The highest BCUT2D eigenvalue weighted by Crippen LogP contribution is 2.53. The Labute approximate surface area is 383 Å². The van der Waals surface area contributed by atoms with E-state index in [2.05, 4.69) is 46.8 Å². The maximum absolute atomic E-state index is 15.4. The van der Waals surface area contributed by atoms with Crippen molar-refractivity contribution < 1.29 is 33.2 Å². The predicted molar refractivity (Wildman–Crippen MR) is 237 cm³/mol. The van der Waals surface area contributed by atoms with Gasteiger partial charge in [0.15, 0.2) is 0 Å². The first-order valence-corrected chi connectivity index (χ1v) is 22.7. The second-order valence-corrected chi connectivity index (χ2v) is 18.5. The van der Waals surface area contributed by atoms with Crippen molar-refractivity contribution in [2.24, 2.45) is 11.3 Å². The van der Waals surface area contributed by atoms with Crippen LogP contribution in [0.1, 0.15) is 99.3 Å². The molecule has 10 rings (SSSR count). The fourth-order valence-corrected chi connectivity index (χ4v) is 10.8. The van der Waals surface area contributed by atoms with E-state index in [0.717, 1.165) is 66.1 Å². The number of hydrogen-bond acceptors (Lipinski definition) is 13. The Kier molecular flexibility index (Phi) is 11.1. The summed E-state index contributed by atoms with van der Waals surface area (Å²) in [4.78, 5) is 97.5. The Morgan fingerprint density at radius 3 is 2.33 bits per heavy atom. The van der Waals surface area contributed by atoms with Crippen molar-refractivity contribution in [1.82, 2.24) is 35.4 Å². The SMILES string of the molecule is N#Cc1ccc(N2CCc3c(ncnc3Nc3ccc(C(=O)NC4CC5(CCC(C(=O)N6CCN(c7ccc8c(c7)C(=O)N(C7CCC(=O)NC7=O)C8=O)CC6)CC5)C4)c(F)n3)C2)cc1Cl. The molecule has 3 N–H and O–H groups in total. The van der Waals surface area contributed by atoms with E-state index in [1.807, 2.05) is 11.0 Å². The van der Waals surface area contributed by atoms with Gasteiger partial charge in [-0.1, -0.05) is 11.6 Å². The van der Waals surface area contributed by atoms with Crippen molar-refractivity contribution in [3.63, 3.8) is 0 Å². The molecule has 2 aromatic heterocycles. The summed E-state index contributed by atoms with van der Waals surface area (Å²) in [6.45, 7) is 3.28. The van der Waals surface area contributed by atoms with Crippen LogP contribution in [0.3, 0.4) is 0 Å². The third-order valence-electron chi connectivity index (χ3n) is 14.3. The summed E-state index contributed by atoms with van der Waals surface area (Å²) in [5.41, 5.74) is 4.06. The Balaban J connectivity index is 0.676. The smallest absolute Gasteiger partial charge is 0.262 e. The van der Waals surface area contributed by atoms with E-state index in [9.17, 15) is 34.0 Å². The topological polar surface area (TPSA) is 214 Å². The number of nitrogens with zero attached hydrogens (tertiary/aromatic N) is 8. The van der Waals surface area contributed by atoms with Gasteiger partial charge in [-0.05, 0) is 105 Å². The first-order chi connectivity index (χ1) is 31.9. The van der Waals surface area contributed by atoms with Gasteiger partial charge in [-0.25, -0.2) is 15.0 Å². The molecule has 0 radical (unpaired) electrons. The number of carbonyl (C=O) groups is 6. The minimum Gasteiger partial charge on any atom is -0.368 e. The highest BCUT2D eigenvalue weighted by molar-refractivity contribution is 6.32. The number of benzene rings is 2. The van der Waals surface area contributed by atoms with Crippen LogP contribution in [-0.4, -0.2) is 105 Å². The largest absolute Gasteiger partial charge is 0.368 e. The van der Waals surface area contributed by atoms with Gasteiger partial charge in [-0.3, -0.25) is 39.0 Å². The summed E-state index contributed by atoms with van der Waals surface area (Å²) in [6.07, 6.45) is 6.98. The van der Waals surface area contributed by atoms with Crippen molar-refractivity contribution in [3.05, 3.63) is 99.3 Å². The summed E-state index contributed by atoms with van der Waals surface area (Å²) in [5, 5.41) is 17.9. The van der Waals surface area contributed by atoms with Gasteiger partial charge in [-0.2, -0.15) is 9.65 Å². The quantitative estimate of drug-likeness (QED) is 0.162. The van der Waals surface area contributed by atoms with Crippen LogP contribution in [0.2, 0.25) is 5.02 Å². The monoisotopic (exact) mass is 913 g/mol. The molecule has 4 aromatic rings. The first-order valence-electron chi connectivity index (χ1n) is 22.3. The van der Waals surface area contributed by atoms with Gasteiger partial charge in [0, 0.05) is 68.0 Å². The summed E-state index contributed by atoms with van der Waals surface area (Å²) < 4.78 is 15.4. The third-order valence-corrected chi connectivity index (χ3v) is 14.6. The fraction of sp³-hybridized carbons (Fsp3) is 0.404. The molecule has 66 heavy (non-hydrogen) atoms. The lowest BCUT2D eigenvalue weighted by Crippen LogP contribution is -2.54. The average Bonchev–Trinajstić information content (AvgIpc) is 3.55. The van der Waals surface area contributed by atoms with Crippen LogP contribution in [0.25, 0.3) is 0 Å². The summed E-state index contributed by atoms with van der Waals surface area (Å²) in [6, 6.07) is 14.3. The van der Waals surface area contributed by atoms with Gasteiger partial charge in [0.05, 0.1) is 39.5 Å². The first kappa shape index (κ1) is 42.9. The molecular formula is C47H45ClFN11O6. The number of fused-ring (bicyclic) bond motifs is 2. The van der Waals surface area contributed by atoms with E-state index in [1.165, 1.54) is 12.4 Å². The Morgan fingerprint density at radius 2 is 1.61 bits per heavy atom. The number of aromatic nitrogens is 3. The van der Waals surface area contributed by atoms with Crippen LogP contribution >= 0.6 is 11.6 Å². The van der Waals surface area contributed by atoms with Gasteiger partial charge in [0.1, 0.15) is 30.1 Å². The van der Waals surface area contributed by atoms with Crippen LogP contribution in [0.5, 0.6) is 0 Å². The number of halogens is 2. The molecule has 4 aliphatic heterocycles. The van der Waals surface area contributed by atoms with Crippen molar-refractivity contribution in [2.75, 3.05) is 47.8 Å². The number of anilines is 4. The Hall–Kier alpha value is -7.00. The number of pyridine rings is 1. The zero-order chi connectivity index (χ0) is 45.9. The number of piperidine rings is 1. The number of nitrogens with one attached hydrogen (secondary N) is 3. The number of hydrogen-bond donors (Lipinski definition) is 3. The normalized spacial score (nSPS) is 23.7. The van der Waals surface area contributed by atoms with Gasteiger partial charge >= 0.3 is 0 Å². The van der Waals surface area contributed by atoms with E-state index >= 15 is 4.39 Å². The molecule has 6 amide bonds. The predicted octanol–water partition coefficient (Wildman–Crippen LogP) is 4.66. The third kappa shape index (κ3) is 7.94. The number of nitriles is 1. The summed E-state index contributed by atoms with van der Waals surface area (Å²) in [5.74, 6) is -2.82. The standard InChI is InChI=1S/C47H45ClFN11O6/c48-35-20-30(2-1-27(35)23-50)59-14-11-32-36(24-59)51-25-52-41(32)55-38-7-5-33(40(49)54-38)42(62)53-28-21-47(22-28)12-9-26(10-13-47)44(64)58-17-15-57(16-18-58)29-3-4-31-34(19-29)46(66)60(45(31)65)37-6-8-39(61)56-43(37)63/h1-5,7,19-20,25-26,28,37H,6,8-18,21-22,24H2,(H,53,62)(H,56,61,63)(H,51,52,54,55). The zero-order valence-corrected chi connectivity index (χ0v) is 36.6. The summed E-state index contributed by atoms with van der Waals surface area (Å²) in [7, 11) is 0. The van der Waals surface area contributed by atoms with E-state index in [4.69, 9.17) is 11.6 Å². The van der Waals surface area contributed by atoms with E-state index < -0.39 is 41.5 Å². The molecule has 1 unspecified atom stereocenters. The van der Waals surface area contributed by atoms with E-state index in [0.29, 0.717) is 62.1 Å². The van der Waals surface area contributed by atoms with Gasteiger partial charge in [0.2, 0.25) is 23.7 Å². The molecule has 1 spiro atoms. The van der Waals surface area contributed by atoms with Crippen molar-refractivity contribution in [2.45, 2.75) is 76.4 Å². The number of amides is 6. The molecule has 2 saturated heterocycles. The van der Waals surface area contributed by atoms with Crippen LogP contribution in [0.4, 0.5) is 27.4 Å². The van der Waals surface area contributed by atoms with Crippen LogP contribution in [-0.2, 0) is 27.3 Å². The molecule has 6 aliphatic rings. The molecule has 6 heterocycles. The van der Waals surface area contributed by atoms with Gasteiger partial charge < -0.3 is 25.3 Å². The highest BCUT2D eigenvalue weighted by Gasteiger charge is 2.48. The van der Waals surface area contributed by atoms with Crippen LogP contribution in [0, 0.1) is 28.6 Å². The van der Waals surface area contributed by atoms with Crippen molar-refractivity contribution in [3.8, 4) is 6.07 Å². The molecule has 0 bridgehead atoms. The van der Waals surface area contributed by atoms with E-state index in [1.54, 1.807) is 36.4 Å². The lowest BCUT2D eigenvalue weighted by molar-refractivity contribution is -0.139. The maximum Gasteiger partial charge on any atom is 0.262 e. The number of imide groups is 2. The zero-order valence-electron chi connectivity index (χ0n) is 35.8. The molecule has 1 atom stereocenters. The van der Waals surface area contributed by atoms with Gasteiger partial charge in [0.25, 0.3) is 17.7 Å². The number of carbonyl (C=O) groups excluding carboxylic acids is 6. The summed E-state index contributed by atoms with van der Waals surface area (Å²) >= 11 is 6.27. The number of piperazine rings is 1. The second kappa shape index (κ2) is 17.1. The van der Waals surface area contributed by atoms with E-state index in [-0.39, 0.29) is 58.6 Å². The molecule has 4 fully saturated rings. The Morgan fingerprint density at radius 1 is 0.864 bits per heavy atom. The van der Waals surface area contributed by atoms with Crippen molar-refractivity contribution in [1.29, 1.82) is 5.26 Å². The minimum atomic E-state index is -1.03. The minimum absolute atomic E-state index is 0.0426. The number of rotatable bonds is 8. The molecule has 338 valence electrons. The van der Waals surface area contributed by atoms with Crippen LogP contribution < -0.4 is 25.8 Å². The van der Waals surface area contributed by atoms with Crippen molar-refractivity contribution >= 4 is 70.1 Å².